The summed E-state index contributed by atoms with van der Waals surface area (Å²) >= 11 is -0.281. The molecule has 2 amide bonds. The molecule has 2 rings (SSSR count). The van der Waals surface area contributed by atoms with Gasteiger partial charge in [0.05, 0.1) is 0 Å². The molecule has 2 aromatic carbocycles. The van der Waals surface area contributed by atoms with E-state index in [2.05, 4.69) is 41.8 Å². The zero-order chi connectivity index (χ0) is 19.5. The van der Waals surface area contributed by atoms with Gasteiger partial charge < -0.3 is 0 Å². The summed E-state index contributed by atoms with van der Waals surface area (Å²) in [7, 11) is 0. The van der Waals surface area contributed by atoms with E-state index in [0.29, 0.717) is 6.42 Å². The molecule has 27 heavy (non-hydrogen) atoms. The molecule has 0 bridgehead atoms. The van der Waals surface area contributed by atoms with E-state index in [-0.39, 0.29) is 33.0 Å². The molecule has 0 radical (unpaired) electrons. The van der Waals surface area contributed by atoms with E-state index in [0.717, 1.165) is 24.2 Å². The summed E-state index contributed by atoms with van der Waals surface area (Å²) in [5.74, 6) is 0.0403. The molecular formula is C22H28IN2O2-. The normalized spacial score (nSPS) is 10.6. The Morgan fingerprint density at radius 3 is 1.81 bits per heavy atom. The van der Waals surface area contributed by atoms with E-state index in [1.165, 1.54) is 33.3 Å². The predicted molar refractivity (Wildman–Crippen MR) is 107 cm³/mol. The van der Waals surface area contributed by atoms with Gasteiger partial charge in [-0.05, 0) is 0 Å². The Bertz CT molecular complexity index is 727. The van der Waals surface area contributed by atoms with Crippen LogP contribution in [0.1, 0.15) is 52.4 Å². The second-order valence-corrected chi connectivity index (χ2v) is 9.53. The summed E-state index contributed by atoms with van der Waals surface area (Å²) in [5.41, 5.74) is 1.69. The molecule has 0 aliphatic heterocycles. The van der Waals surface area contributed by atoms with Crippen molar-refractivity contribution in [3.05, 3.63) is 55.7 Å². The summed E-state index contributed by atoms with van der Waals surface area (Å²) in [6, 6.07) is 16.1. The van der Waals surface area contributed by atoms with Crippen LogP contribution in [0.5, 0.6) is 0 Å². The fraction of sp³-hybridized carbons (Fsp3) is 0.364. The fourth-order valence-corrected chi connectivity index (χ4v) is 4.79. The first kappa shape index (κ1) is 21.4. The third kappa shape index (κ3) is 8.56. The van der Waals surface area contributed by atoms with Gasteiger partial charge >= 0.3 is 166 Å². The first-order valence-corrected chi connectivity index (χ1v) is 11.6. The Kier molecular flexibility index (Phi) is 9.31. The Balaban J connectivity index is 1.79. The van der Waals surface area contributed by atoms with Gasteiger partial charge in [0.2, 0.25) is 0 Å². The van der Waals surface area contributed by atoms with E-state index >= 15 is 0 Å². The number of unbranched alkanes of at least 4 members (excludes halogenated alkanes) is 4. The van der Waals surface area contributed by atoms with Gasteiger partial charge in [0.15, 0.2) is 0 Å². The average Bonchev–Trinajstić information content (AvgIpc) is 2.64. The van der Waals surface area contributed by atoms with E-state index in [1.807, 2.05) is 24.3 Å². The van der Waals surface area contributed by atoms with Gasteiger partial charge in [-0.1, -0.05) is 6.92 Å². The molecule has 0 atom stereocenters. The summed E-state index contributed by atoms with van der Waals surface area (Å²) in [6.07, 6.45) is 6.38. The minimum absolute atomic E-state index is 0.0592. The molecule has 0 fully saturated rings. The number of hydrogen-bond donors (Lipinski definition) is 2. The molecule has 146 valence electrons. The van der Waals surface area contributed by atoms with Crippen LogP contribution in [-0.2, 0) is 9.59 Å². The maximum absolute atomic E-state index is 12.0. The third-order valence-electron chi connectivity index (χ3n) is 4.02. The number of carbonyl (C=O) groups excluding carboxylic acids is 2. The van der Waals surface area contributed by atoms with Gasteiger partial charge in [-0.25, -0.2) is 0 Å². The Morgan fingerprint density at radius 1 is 0.778 bits per heavy atom. The first-order chi connectivity index (χ1) is 13.1. The van der Waals surface area contributed by atoms with Crippen molar-refractivity contribution in [2.45, 2.75) is 52.4 Å². The second kappa shape index (κ2) is 11.7. The summed E-state index contributed by atoms with van der Waals surface area (Å²) in [5, 5.41) is 5.76. The van der Waals surface area contributed by atoms with Crippen LogP contribution >= 0.6 is 0 Å². The average molecular weight is 479 g/mol. The van der Waals surface area contributed by atoms with Gasteiger partial charge in [0.25, 0.3) is 0 Å². The Morgan fingerprint density at radius 2 is 1.30 bits per heavy atom. The fourth-order valence-electron chi connectivity index (χ4n) is 2.63. The van der Waals surface area contributed by atoms with Crippen molar-refractivity contribution in [1.82, 2.24) is 0 Å². The van der Waals surface area contributed by atoms with Gasteiger partial charge in [-0.3, -0.25) is 0 Å². The van der Waals surface area contributed by atoms with Crippen LogP contribution in [0.15, 0.2) is 48.5 Å². The Labute approximate surface area is 172 Å². The molecule has 0 unspecified atom stereocenters. The summed E-state index contributed by atoms with van der Waals surface area (Å²) in [4.78, 5) is 23.1. The number of benzene rings is 2. The minimum atomic E-state index is -0.281. The number of rotatable bonds is 10. The SMILES string of the molecule is CCCCCCCC(=O)Nc1ccc([I-]c2ccc(NC(C)=O)cc2)cc1. The van der Waals surface area contributed by atoms with Crippen LogP contribution in [0.25, 0.3) is 0 Å². The standard InChI is InChI=1S/C22H28IN2O2/c1-3-4-5-6-7-8-22(27)25-21-15-11-19(12-16-21)23-18-9-13-20(14-10-18)24-17(2)26/h9-16H,3-8H2,1-2H3,(H,24,26)(H,25,27)/q-1. The van der Waals surface area contributed by atoms with Crippen molar-refractivity contribution in [2.75, 3.05) is 10.6 Å². The molecule has 4 nitrogen and oxygen atoms in total. The molecule has 0 aliphatic carbocycles. The Hall–Kier alpha value is -1.89. The van der Waals surface area contributed by atoms with E-state index in [1.54, 1.807) is 0 Å². The second-order valence-electron chi connectivity index (χ2n) is 6.50. The van der Waals surface area contributed by atoms with Gasteiger partial charge in [0.1, 0.15) is 0 Å². The van der Waals surface area contributed by atoms with E-state index in [4.69, 9.17) is 0 Å². The third-order valence-corrected chi connectivity index (χ3v) is 6.70. The van der Waals surface area contributed by atoms with E-state index in [9.17, 15) is 9.59 Å². The van der Waals surface area contributed by atoms with E-state index < -0.39 is 0 Å². The van der Waals surface area contributed by atoms with Crippen molar-refractivity contribution in [1.29, 1.82) is 0 Å². The maximum atomic E-state index is 12.0. The number of hydrogen-bond acceptors (Lipinski definition) is 2. The molecule has 2 N–H and O–H groups in total. The number of halogens is 1. The van der Waals surface area contributed by atoms with Crippen LogP contribution in [0, 0.1) is 7.14 Å². The van der Waals surface area contributed by atoms with Crippen LogP contribution in [0.3, 0.4) is 0 Å². The molecule has 2 aromatic rings. The molecule has 5 heteroatoms. The van der Waals surface area contributed by atoms with Crippen LogP contribution < -0.4 is 31.8 Å². The van der Waals surface area contributed by atoms with Crippen molar-refractivity contribution < 1.29 is 30.8 Å². The summed E-state index contributed by atoms with van der Waals surface area (Å²) in [6.45, 7) is 3.70. The topological polar surface area (TPSA) is 58.2 Å². The first-order valence-electron chi connectivity index (χ1n) is 9.49. The van der Waals surface area contributed by atoms with Gasteiger partial charge in [0, 0.05) is 0 Å². The number of amides is 2. The van der Waals surface area contributed by atoms with Crippen LogP contribution in [-0.4, -0.2) is 11.8 Å². The van der Waals surface area contributed by atoms with Crippen LogP contribution in [0.2, 0.25) is 0 Å². The molecule has 0 saturated heterocycles. The van der Waals surface area contributed by atoms with Gasteiger partial charge in [-0.2, -0.15) is 0 Å². The molecular weight excluding hydrogens is 451 g/mol. The number of anilines is 2. The monoisotopic (exact) mass is 479 g/mol. The zero-order valence-electron chi connectivity index (χ0n) is 16.1. The number of nitrogens with one attached hydrogen (secondary N) is 2. The van der Waals surface area contributed by atoms with Crippen molar-refractivity contribution >= 4 is 23.2 Å². The zero-order valence-corrected chi connectivity index (χ0v) is 18.2. The van der Waals surface area contributed by atoms with Crippen LogP contribution in [0.4, 0.5) is 11.4 Å². The molecule has 0 heterocycles. The molecule has 0 aromatic heterocycles. The number of carbonyl (C=O) groups is 2. The predicted octanol–water partition coefficient (Wildman–Crippen LogP) is 2.07. The molecule has 0 saturated carbocycles. The van der Waals surface area contributed by atoms with Crippen molar-refractivity contribution in [3.63, 3.8) is 0 Å². The quantitative estimate of drug-likeness (QED) is 0.405. The summed E-state index contributed by atoms with van der Waals surface area (Å²) < 4.78 is 2.57. The van der Waals surface area contributed by atoms with Gasteiger partial charge in [-0.15, -0.1) is 0 Å². The van der Waals surface area contributed by atoms with Crippen molar-refractivity contribution in [3.8, 4) is 0 Å². The molecule has 0 spiro atoms. The molecule has 0 aliphatic rings. The van der Waals surface area contributed by atoms with Crippen molar-refractivity contribution in [2.24, 2.45) is 0 Å².